The van der Waals surface area contributed by atoms with E-state index in [0.717, 1.165) is 10.9 Å². The minimum absolute atomic E-state index is 0.162. The predicted octanol–water partition coefficient (Wildman–Crippen LogP) is 0.836. The molecule has 1 unspecified atom stereocenters. The molecule has 0 amide bonds. The molecule has 1 rings (SSSR count). The van der Waals surface area contributed by atoms with Gasteiger partial charge in [-0.3, -0.25) is 9.20 Å². The number of amidine groups is 1. The quantitative estimate of drug-likeness (QED) is 0.766. The van der Waals surface area contributed by atoms with Crippen molar-refractivity contribution in [2.24, 2.45) is 4.99 Å². The highest BCUT2D eigenvalue weighted by Gasteiger charge is 2.26. The van der Waals surface area contributed by atoms with E-state index in [2.05, 4.69) is 24.2 Å². The van der Waals surface area contributed by atoms with E-state index >= 15 is 0 Å². The molecule has 1 saturated heterocycles. The maximum atomic E-state index is 10.8. The van der Waals surface area contributed by atoms with Crippen molar-refractivity contribution >= 4 is 27.7 Å². The average Bonchev–Trinajstić information content (AvgIpc) is 2.29. The Morgan fingerprint density at radius 1 is 1.69 bits per heavy atom. The SMILES string of the molecule is CS(=O)CCN=C1NC(C)(C)CS1. The Morgan fingerprint density at radius 2 is 2.38 bits per heavy atom. The molecular weight excluding hydrogens is 204 g/mol. The fourth-order valence-electron chi connectivity index (χ4n) is 0.971. The Balaban J connectivity index is 2.33. The third-order valence-electron chi connectivity index (χ3n) is 1.65. The van der Waals surface area contributed by atoms with Gasteiger partial charge in [-0.1, -0.05) is 11.8 Å². The van der Waals surface area contributed by atoms with E-state index in [9.17, 15) is 4.21 Å². The van der Waals surface area contributed by atoms with E-state index in [1.54, 1.807) is 18.0 Å². The minimum atomic E-state index is -0.729. The first kappa shape index (κ1) is 11.0. The standard InChI is InChI=1S/C8H16N2OS2/c1-8(2)6-12-7(10-8)9-4-5-13(3)11/h4-6H2,1-3H3,(H,9,10). The van der Waals surface area contributed by atoms with Crippen LogP contribution in [0.2, 0.25) is 0 Å². The number of hydrogen-bond donors (Lipinski definition) is 1. The van der Waals surface area contributed by atoms with Crippen molar-refractivity contribution in [2.45, 2.75) is 19.4 Å². The first-order valence-electron chi connectivity index (χ1n) is 4.25. The van der Waals surface area contributed by atoms with E-state index in [0.29, 0.717) is 12.3 Å². The van der Waals surface area contributed by atoms with Gasteiger partial charge in [0.1, 0.15) is 0 Å². The summed E-state index contributed by atoms with van der Waals surface area (Å²) in [5, 5.41) is 4.31. The van der Waals surface area contributed by atoms with Crippen LogP contribution in [0.3, 0.4) is 0 Å². The van der Waals surface area contributed by atoms with Crippen molar-refractivity contribution in [2.75, 3.05) is 24.3 Å². The Kier molecular flexibility index (Phi) is 3.79. The van der Waals surface area contributed by atoms with Gasteiger partial charge in [0.2, 0.25) is 0 Å². The summed E-state index contributed by atoms with van der Waals surface area (Å²) >= 11 is 1.74. The molecule has 0 bridgehead atoms. The second kappa shape index (κ2) is 4.46. The fraction of sp³-hybridized carbons (Fsp3) is 0.875. The highest BCUT2D eigenvalue weighted by atomic mass is 32.2. The molecule has 5 heteroatoms. The van der Waals surface area contributed by atoms with Crippen molar-refractivity contribution in [1.82, 2.24) is 5.32 Å². The summed E-state index contributed by atoms with van der Waals surface area (Å²) in [5.41, 5.74) is 0.162. The lowest BCUT2D eigenvalue weighted by Crippen LogP contribution is -2.37. The number of rotatable bonds is 3. The van der Waals surface area contributed by atoms with Crippen molar-refractivity contribution in [3.05, 3.63) is 0 Å². The van der Waals surface area contributed by atoms with Gasteiger partial charge in [-0.15, -0.1) is 0 Å². The van der Waals surface area contributed by atoms with Gasteiger partial charge in [-0.2, -0.15) is 0 Å². The van der Waals surface area contributed by atoms with Crippen LogP contribution in [-0.4, -0.2) is 39.2 Å². The average molecular weight is 220 g/mol. The van der Waals surface area contributed by atoms with Gasteiger partial charge in [-0.05, 0) is 13.8 Å². The molecule has 0 aromatic carbocycles. The largest absolute Gasteiger partial charge is 0.359 e. The molecule has 1 N–H and O–H groups in total. The zero-order valence-corrected chi connectivity index (χ0v) is 9.93. The molecule has 1 fully saturated rings. The summed E-state index contributed by atoms with van der Waals surface area (Å²) in [6.07, 6.45) is 1.71. The molecule has 1 heterocycles. The normalized spacial score (nSPS) is 25.9. The van der Waals surface area contributed by atoms with E-state index < -0.39 is 10.8 Å². The number of hydrogen-bond acceptors (Lipinski definition) is 3. The molecule has 1 atom stereocenters. The summed E-state index contributed by atoms with van der Waals surface area (Å²) in [6.45, 7) is 4.97. The maximum Gasteiger partial charge on any atom is 0.157 e. The van der Waals surface area contributed by atoms with Crippen molar-refractivity contribution < 1.29 is 4.21 Å². The van der Waals surface area contributed by atoms with E-state index in [4.69, 9.17) is 0 Å². The van der Waals surface area contributed by atoms with Gasteiger partial charge in [0.25, 0.3) is 0 Å². The Morgan fingerprint density at radius 3 is 2.85 bits per heavy atom. The topological polar surface area (TPSA) is 41.5 Å². The third-order valence-corrected chi connectivity index (χ3v) is 3.78. The predicted molar refractivity (Wildman–Crippen MR) is 60.9 cm³/mol. The smallest absolute Gasteiger partial charge is 0.157 e. The molecular formula is C8H16N2OS2. The molecule has 76 valence electrons. The number of aliphatic imine (C=N–C) groups is 1. The zero-order chi connectivity index (χ0) is 9.90. The molecule has 0 spiro atoms. The molecule has 13 heavy (non-hydrogen) atoms. The van der Waals surface area contributed by atoms with Crippen LogP contribution in [-0.2, 0) is 10.8 Å². The van der Waals surface area contributed by atoms with Gasteiger partial charge >= 0.3 is 0 Å². The maximum absolute atomic E-state index is 10.8. The van der Waals surface area contributed by atoms with Crippen molar-refractivity contribution in [3.63, 3.8) is 0 Å². The van der Waals surface area contributed by atoms with Crippen LogP contribution in [0.15, 0.2) is 4.99 Å². The van der Waals surface area contributed by atoms with E-state index in [1.165, 1.54) is 0 Å². The summed E-state index contributed by atoms with van der Waals surface area (Å²) < 4.78 is 10.8. The monoisotopic (exact) mass is 220 g/mol. The summed E-state index contributed by atoms with van der Waals surface area (Å²) in [4.78, 5) is 4.33. The molecule has 1 aliphatic heterocycles. The Labute approximate surface area is 86.2 Å². The molecule has 0 aliphatic carbocycles. The van der Waals surface area contributed by atoms with Gasteiger partial charge in [0, 0.05) is 34.1 Å². The van der Waals surface area contributed by atoms with Gasteiger partial charge in [-0.25, -0.2) is 0 Å². The van der Waals surface area contributed by atoms with Crippen LogP contribution >= 0.6 is 11.8 Å². The van der Waals surface area contributed by atoms with Crippen LogP contribution < -0.4 is 5.32 Å². The first-order valence-corrected chi connectivity index (χ1v) is 6.96. The van der Waals surface area contributed by atoms with Gasteiger partial charge in [0.05, 0.1) is 6.54 Å². The lowest BCUT2D eigenvalue weighted by atomic mass is 10.1. The zero-order valence-electron chi connectivity index (χ0n) is 8.29. The van der Waals surface area contributed by atoms with Crippen LogP contribution in [0.25, 0.3) is 0 Å². The second-order valence-electron chi connectivity index (χ2n) is 3.76. The molecule has 0 aromatic heterocycles. The van der Waals surface area contributed by atoms with Crippen LogP contribution in [0.5, 0.6) is 0 Å². The molecule has 0 saturated carbocycles. The molecule has 1 aliphatic rings. The Hall–Kier alpha value is -0.0300. The third kappa shape index (κ3) is 4.13. The molecule has 3 nitrogen and oxygen atoms in total. The highest BCUT2D eigenvalue weighted by molar-refractivity contribution is 8.14. The van der Waals surface area contributed by atoms with Gasteiger partial charge in [0.15, 0.2) is 5.17 Å². The first-order chi connectivity index (χ1) is 5.99. The fourth-order valence-corrected chi connectivity index (χ4v) is 2.42. The van der Waals surface area contributed by atoms with E-state index in [-0.39, 0.29) is 5.54 Å². The number of thioether (sulfide) groups is 1. The van der Waals surface area contributed by atoms with Crippen molar-refractivity contribution in [3.8, 4) is 0 Å². The van der Waals surface area contributed by atoms with Crippen LogP contribution in [0.1, 0.15) is 13.8 Å². The number of nitrogens with one attached hydrogen (secondary N) is 1. The van der Waals surface area contributed by atoms with Crippen LogP contribution in [0, 0.1) is 0 Å². The Bertz CT molecular complexity index is 238. The summed E-state index contributed by atoms with van der Waals surface area (Å²) in [6, 6.07) is 0. The lowest BCUT2D eigenvalue weighted by molar-refractivity contribution is 0.536. The highest BCUT2D eigenvalue weighted by Crippen LogP contribution is 2.21. The minimum Gasteiger partial charge on any atom is -0.359 e. The molecule has 0 aromatic rings. The molecule has 0 radical (unpaired) electrons. The summed E-state index contributed by atoms with van der Waals surface area (Å²) in [7, 11) is -0.729. The van der Waals surface area contributed by atoms with Crippen LogP contribution in [0.4, 0.5) is 0 Å². The van der Waals surface area contributed by atoms with Gasteiger partial charge < -0.3 is 5.32 Å². The lowest BCUT2D eigenvalue weighted by Gasteiger charge is -2.15. The second-order valence-corrected chi connectivity index (χ2v) is 6.28. The number of nitrogens with zero attached hydrogens (tertiary/aromatic N) is 1. The van der Waals surface area contributed by atoms with E-state index in [1.807, 2.05) is 0 Å². The van der Waals surface area contributed by atoms with Crippen molar-refractivity contribution in [1.29, 1.82) is 0 Å². The summed E-state index contributed by atoms with van der Waals surface area (Å²) in [5.74, 6) is 1.72.